The molecular formula is C33H35F3N8O2. The number of aromatic nitrogens is 5. The van der Waals surface area contributed by atoms with Gasteiger partial charge in [0.2, 0.25) is 5.91 Å². The minimum atomic E-state index is -4.73. The average Bonchev–Trinajstić information content (AvgIpc) is 3.49. The van der Waals surface area contributed by atoms with Crippen LogP contribution >= 0.6 is 0 Å². The number of rotatable bonds is 12. The lowest BCUT2D eigenvalue weighted by Crippen LogP contribution is -2.35. The second-order valence-corrected chi connectivity index (χ2v) is 11.4. The van der Waals surface area contributed by atoms with Gasteiger partial charge in [-0.05, 0) is 49.1 Å². The molecule has 5 rings (SSSR count). The first-order chi connectivity index (χ1) is 22.2. The number of carbonyl (C=O) groups is 1. The lowest BCUT2D eigenvalue weighted by Gasteiger charge is -2.33. The molecule has 13 heteroatoms. The lowest BCUT2D eigenvalue weighted by atomic mass is 9.73. The molecule has 46 heavy (non-hydrogen) atoms. The van der Waals surface area contributed by atoms with Crippen molar-refractivity contribution < 1.29 is 22.7 Å². The van der Waals surface area contributed by atoms with Crippen molar-refractivity contribution >= 4 is 11.7 Å². The maximum Gasteiger partial charge on any atom is 0.522 e. The minimum absolute atomic E-state index is 0.0606. The van der Waals surface area contributed by atoms with E-state index in [-0.39, 0.29) is 35.7 Å². The van der Waals surface area contributed by atoms with Gasteiger partial charge in [-0.15, -0.1) is 13.2 Å². The maximum absolute atomic E-state index is 13.7. The standard InChI is InChI=1S/C33H35F3N8O2/c1-44-21-27(20-42-44)25-11-12-28(39-18-25)30(32(45)41-17-23-5-3-2-4-6-23)24-9-7-22(8-10-24)15-29-40-19-26(16-37)31(43-29)38-13-14-46-33(34,35)36/h2-6,11-12,18-22,24,30H,7-10,13-15,17H2,1H3,(H,41,45)(H,38,40,43)/t22-,24-,30?. The number of nitrogens with zero attached hydrogens (tertiary/aromatic N) is 6. The molecule has 4 aromatic rings. The zero-order valence-electron chi connectivity index (χ0n) is 25.4. The Hall–Kier alpha value is -4.83. The van der Waals surface area contributed by atoms with Crippen LogP contribution in [0.25, 0.3) is 11.1 Å². The molecule has 1 aromatic carbocycles. The Morgan fingerprint density at radius 1 is 1.07 bits per heavy atom. The van der Waals surface area contributed by atoms with Crippen molar-refractivity contribution in [2.24, 2.45) is 18.9 Å². The van der Waals surface area contributed by atoms with Crippen molar-refractivity contribution in [2.75, 3.05) is 18.5 Å². The highest BCUT2D eigenvalue weighted by atomic mass is 19.4. The number of ether oxygens (including phenoxy) is 1. The van der Waals surface area contributed by atoms with Crippen LogP contribution in [0.5, 0.6) is 0 Å². The Balaban J connectivity index is 1.24. The van der Waals surface area contributed by atoms with E-state index in [1.54, 1.807) is 17.1 Å². The number of halogens is 3. The highest BCUT2D eigenvalue weighted by Crippen LogP contribution is 2.39. The monoisotopic (exact) mass is 632 g/mol. The number of pyridine rings is 1. The van der Waals surface area contributed by atoms with Crippen molar-refractivity contribution in [3.8, 4) is 17.2 Å². The van der Waals surface area contributed by atoms with E-state index in [2.05, 4.69) is 30.4 Å². The smallest absolute Gasteiger partial charge is 0.367 e. The van der Waals surface area contributed by atoms with Crippen LogP contribution in [0, 0.1) is 23.2 Å². The Bertz CT molecular complexity index is 1630. The van der Waals surface area contributed by atoms with Crippen molar-refractivity contribution in [1.29, 1.82) is 5.26 Å². The van der Waals surface area contributed by atoms with E-state index in [9.17, 15) is 23.2 Å². The van der Waals surface area contributed by atoms with E-state index < -0.39 is 18.9 Å². The third-order valence-corrected chi connectivity index (χ3v) is 8.19. The Morgan fingerprint density at radius 2 is 1.85 bits per heavy atom. The Morgan fingerprint density at radius 3 is 2.50 bits per heavy atom. The quantitative estimate of drug-likeness (QED) is 0.195. The molecule has 1 aliphatic carbocycles. The molecule has 10 nitrogen and oxygen atoms in total. The minimum Gasteiger partial charge on any atom is -0.367 e. The largest absolute Gasteiger partial charge is 0.522 e. The van der Waals surface area contributed by atoms with Gasteiger partial charge in [0, 0.05) is 50.1 Å². The van der Waals surface area contributed by atoms with Crippen LogP contribution in [0.2, 0.25) is 0 Å². The predicted molar refractivity (Wildman–Crippen MR) is 164 cm³/mol. The van der Waals surface area contributed by atoms with Crippen LogP contribution in [0.15, 0.2) is 67.3 Å². The average molecular weight is 633 g/mol. The number of nitrogens with one attached hydrogen (secondary N) is 2. The van der Waals surface area contributed by atoms with Gasteiger partial charge in [0.1, 0.15) is 23.3 Å². The number of nitriles is 1. The molecule has 2 N–H and O–H groups in total. The second-order valence-electron chi connectivity index (χ2n) is 11.4. The van der Waals surface area contributed by atoms with Gasteiger partial charge < -0.3 is 10.6 Å². The van der Waals surface area contributed by atoms with Gasteiger partial charge in [-0.2, -0.15) is 10.4 Å². The molecule has 0 bridgehead atoms. The summed E-state index contributed by atoms with van der Waals surface area (Å²) in [6, 6.07) is 15.6. The van der Waals surface area contributed by atoms with Crippen molar-refractivity contribution in [3.05, 3.63) is 89.9 Å². The third-order valence-electron chi connectivity index (χ3n) is 8.19. The summed E-state index contributed by atoms with van der Waals surface area (Å²) in [6.07, 6.45) is 5.98. The maximum atomic E-state index is 13.7. The van der Waals surface area contributed by atoms with E-state index in [1.165, 1.54) is 6.20 Å². The molecule has 0 aliphatic heterocycles. The van der Waals surface area contributed by atoms with Gasteiger partial charge in [-0.3, -0.25) is 19.2 Å². The first kappa shape index (κ1) is 32.6. The van der Waals surface area contributed by atoms with Crippen LogP contribution in [0.1, 0.15) is 54.2 Å². The molecule has 1 unspecified atom stereocenters. The second kappa shape index (κ2) is 15.0. The molecule has 0 saturated heterocycles. The van der Waals surface area contributed by atoms with Gasteiger partial charge >= 0.3 is 6.36 Å². The summed E-state index contributed by atoms with van der Waals surface area (Å²) >= 11 is 0. The number of carbonyl (C=O) groups excluding carboxylic acids is 1. The molecule has 0 spiro atoms. The molecular weight excluding hydrogens is 597 g/mol. The first-order valence-electron chi connectivity index (χ1n) is 15.2. The highest BCUT2D eigenvalue weighted by molar-refractivity contribution is 5.83. The fraction of sp³-hybridized carbons (Fsp3) is 0.394. The molecule has 3 heterocycles. The van der Waals surface area contributed by atoms with Crippen LogP contribution in [-0.4, -0.2) is 50.2 Å². The molecule has 240 valence electrons. The third kappa shape index (κ3) is 8.88. The highest BCUT2D eigenvalue weighted by Gasteiger charge is 2.34. The van der Waals surface area contributed by atoms with E-state index in [4.69, 9.17) is 4.98 Å². The summed E-state index contributed by atoms with van der Waals surface area (Å²) in [5.74, 6) is 0.536. The molecule has 1 fully saturated rings. The SMILES string of the molecule is Cn1cc(-c2ccc(C(C(=O)NCc3ccccc3)[C@H]3CC[C@H](Cc4ncc(C#N)c(NCCOC(F)(F)F)n4)CC3)nc2)cn1. The van der Waals surface area contributed by atoms with Gasteiger partial charge in [0.15, 0.2) is 0 Å². The van der Waals surface area contributed by atoms with Gasteiger partial charge in [0.05, 0.1) is 30.6 Å². The number of benzene rings is 1. The molecule has 1 aliphatic rings. The summed E-state index contributed by atoms with van der Waals surface area (Å²) in [5.41, 5.74) is 3.76. The fourth-order valence-corrected chi connectivity index (χ4v) is 5.87. The van der Waals surface area contributed by atoms with E-state index in [0.29, 0.717) is 18.8 Å². The van der Waals surface area contributed by atoms with E-state index >= 15 is 0 Å². The molecule has 3 aromatic heterocycles. The zero-order valence-corrected chi connectivity index (χ0v) is 25.4. The molecule has 1 amide bonds. The molecule has 0 radical (unpaired) electrons. The van der Waals surface area contributed by atoms with Gasteiger partial charge in [-0.1, -0.05) is 36.4 Å². The van der Waals surface area contributed by atoms with Crippen molar-refractivity contribution in [1.82, 2.24) is 30.0 Å². The number of hydrogen-bond acceptors (Lipinski definition) is 8. The van der Waals surface area contributed by atoms with Gasteiger partial charge in [0.25, 0.3) is 0 Å². The zero-order chi connectivity index (χ0) is 32.5. The summed E-state index contributed by atoms with van der Waals surface area (Å²) in [5, 5.41) is 19.5. The fourth-order valence-electron chi connectivity index (χ4n) is 5.87. The summed E-state index contributed by atoms with van der Waals surface area (Å²) in [7, 11) is 1.86. The number of hydrogen-bond donors (Lipinski definition) is 2. The lowest BCUT2D eigenvalue weighted by molar-refractivity contribution is -0.322. The topological polar surface area (TPSA) is 131 Å². The summed E-state index contributed by atoms with van der Waals surface area (Å²) in [6.45, 7) is -0.354. The van der Waals surface area contributed by atoms with Crippen molar-refractivity contribution in [2.45, 2.75) is 50.9 Å². The van der Waals surface area contributed by atoms with Crippen LogP contribution in [0.4, 0.5) is 19.0 Å². The van der Waals surface area contributed by atoms with Gasteiger partial charge in [-0.25, -0.2) is 9.97 Å². The van der Waals surface area contributed by atoms with Crippen LogP contribution in [-0.2, 0) is 29.5 Å². The normalized spacial score (nSPS) is 17.2. The van der Waals surface area contributed by atoms with Crippen LogP contribution in [0.3, 0.4) is 0 Å². The Labute approximate surface area is 265 Å². The van der Waals surface area contributed by atoms with Crippen molar-refractivity contribution in [3.63, 3.8) is 0 Å². The Kier molecular flexibility index (Phi) is 10.6. The first-order valence-corrected chi connectivity index (χ1v) is 15.2. The van der Waals surface area contributed by atoms with E-state index in [0.717, 1.165) is 48.1 Å². The number of aryl methyl sites for hydroxylation is 1. The molecule has 1 saturated carbocycles. The number of alkyl halides is 3. The van der Waals surface area contributed by atoms with Crippen LogP contribution < -0.4 is 10.6 Å². The summed E-state index contributed by atoms with van der Waals surface area (Å²) in [4.78, 5) is 27.2. The molecule has 1 atom stereocenters. The predicted octanol–water partition coefficient (Wildman–Crippen LogP) is 5.54. The summed E-state index contributed by atoms with van der Waals surface area (Å²) < 4.78 is 42.4. The van der Waals surface area contributed by atoms with E-state index in [1.807, 2.05) is 61.8 Å². The number of amides is 1. The number of anilines is 1.